The van der Waals surface area contributed by atoms with Gasteiger partial charge in [0.25, 0.3) is 0 Å². The lowest BCUT2D eigenvalue weighted by Crippen LogP contribution is -2.49. The zero-order valence-electron chi connectivity index (χ0n) is 8.99. The largest absolute Gasteiger partial charge is 0.327 e. The average molecular weight is 194 g/mol. The molecule has 2 saturated carbocycles. The van der Waals surface area contributed by atoms with Crippen LogP contribution in [0.15, 0.2) is 0 Å². The van der Waals surface area contributed by atoms with E-state index in [-0.39, 0.29) is 0 Å². The van der Waals surface area contributed by atoms with Gasteiger partial charge in [-0.05, 0) is 44.1 Å². The van der Waals surface area contributed by atoms with E-state index in [2.05, 4.69) is 4.90 Å². The maximum atomic E-state index is 6.05. The minimum atomic E-state index is 0.461. The van der Waals surface area contributed by atoms with Gasteiger partial charge in [0.15, 0.2) is 0 Å². The van der Waals surface area contributed by atoms with E-state index in [9.17, 15) is 0 Å². The van der Waals surface area contributed by atoms with Gasteiger partial charge in [0.2, 0.25) is 0 Å². The third-order valence-corrected chi connectivity index (χ3v) is 4.50. The molecular formula is C12H22N2. The summed E-state index contributed by atoms with van der Waals surface area (Å²) in [6.07, 6.45) is 8.54. The molecule has 0 aromatic heterocycles. The highest BCUT2D eigenvalue weighted by Gasteiger charge is 2.47. The second-order valence-corrected chi connectivity index (χ2v) is 5.56. The molecule has 3 fully saturated rings. The van der Waals surface area contributed by atoms with E-state index in [1.54, 1.807) is 0 Å². The molecule has 2 N–H and O–H groups in total. The minimum absolute atomic E-state index is 0.461. The lowest BCUT2D eigenvalue weighted by molar-refractivity contribution is 0.110. The van der Waals surface area contributed by atoms with Gasteiger partial charge in [-0.3, -0.25) is 4.90 Å². The van der Waals surface area contributed by atoms with Crippen LogP contribution in [-0.2, 0) is 0 Å². The van der Waals surface area contributed by atoms with Gasteiger partial charge in [-0.2, -0.15) is 0 Å². The van der Waals surface area contributed by atoms with Crippen molar-refractivity contribution in [3.8, 4) is 0 Å². The second-order valence-electron chi connectivity index (χ2n) is 5.56. The molecule has 2 aliphatic carbocycles. The summed E-state index contributed by atoms with van der Waals surface area (Å²) in [6, 6.07) is 1.38. The molecule has 0 aromatic carbocycles. The standard InChI is InChI=1S/C12H22N2/c13-10-4-2-6-14(8-10)12-5-1-3-9-7-11(9)12/h9-12H,1-8,13H2. The topological polar surface area (TPSA) is 29.3 Å². The molecule has 2 nitrogen and oxygen atoms in total. The van der Waals surface area contributed by atoms with Gasteiger partial charge in [-0.25, -0.2) is 0 Å². The monoisotopic (exact) mass is 194 g/mol. The van der Waals surface area contributed by atoms with Crippen molar-refractivity contribution < 1.29 is 0 Å². The number of likely N-dealkylation sites (tertiary alicyclic amines) is 1. The first-order valence-electron chi connectivity index (χ1n) is 6.34. The quantitative estimate of drug-likeness (QED) is 0.687. The van der Waals surface area contributed by atoms with E-state index >= 15 is 0 Å². The van der Waals surface area contributed by atoms with E-state index in [1.807, 2.05) is 0 Å². The molecule has 0 spiro atoms. The zero-order chi connectivity index (χ0) is 9.54. The summed E-state index contributed by atoms with van der Waals surface area (Å²) in [7, 11) is 0. The summed E-state index contributed by atoms with van der Waals surface area (Å²) in [6.45, 7) is 2.50. The Bertz CT molecular complexity index is 216. The highest BCUT2D eigenvalue weighted by molar-refractivity contribution is 5.00. The summed E-state index contributed by atoms with van der Waals surface area (Å²) >= 11 is 0. The second kappa shape index (κ2) is 3.49. The summed E-state index contributed by atoms with van der Waals surface area (Å²) in [4.78, 5) is 2.71. The fourth-order valence-corrected chi connectivity index (χ4v) is 3.67. The van der Waals surface area contributed by atoms with Crippen LogP contribution in [0.1, 0.15) is 38.5 Å². The number of fused-ring (bicyclic) bond motifs is 1. The molecule has 0 aromatic rings. The van der Waals surface area contributed by atoms with Gasteiger partial charge in [0, 0.05) is 18.6 Å². The Balaban J connectivity index is 1.63. The number of hydrogen-bond donors (Lipinski definition) is 1. The maximum absolute atomic E-state index is 6.05. The van der Waals surface area contributed by atoms with E-state index in [0.717, 1.165) is 17.9 Å². The van der Waals surface area contributed by atoms with Crippen LogP contribution in [0, 0.1) is 11.8 Å². The van der Waals surface area contributed by atoms with Crippen LogP contribution in [0.4, 0.5) is 0 Å². The van der Waals surface area contributed by atoms with Crippen molar-refractivity contribution in [3.05, 3.63) is 0 Å². The minimum Gasteiger partial charge on any atom is -0.327 e. The molecule has 4 unspecified atom stereocenters. The van der Waals surface area contributed by atoms with Crippen molar-refractivity contribution in [2.24, 2.45) is 17.6 Å². The van der Waals surface area contributed by atoms with Crippen molar-refractivity contribution in [1.82, 2.24) is 4.90 Å². The fraction of sp³-hybridized carbons (Fsp3) is 1.00. The Kier molecular flexibility index (Phi) is 2.29. The first kappa shape index (κ1) is 9.17. The average Bonchev–Trinajstić information content (AvgIpc) is 2.95. The summed E-state index contributed by atoms with van der Waals surface area (Å²) in [5.41, 5.74) is 6.05. The molecule has 14 heavy (non-hydrogen) atoms. The lowest BCUT2D eigenvalue weighted by Gasteiger charge is -2.39. The number of rotatable bonds is 1. The highest BCUT2D eigenvalue weighted by Crippen LogP contribution is 2.51. The summed E-state index contributed by atoms with van der Waals surface area (Å²) in [5, 5.41) is 0. The van der Waals surface area contributed by atoms with Crippen molar-refractivity contribution in [1.29, 1.82) is 0 Å². The molecule has 80 valence electrons. The predicted molar refractivity (Wildman–Crippen MR) is 58.0 cm³/mol. The molecule has 3 rings (SSSR count). The molecule has 1 aliphatic heterocycles. The Morgan fingerprint density at radius 3 is 2.86 bits per heavy atom. The van der Waals surface area contributed by atoms with Gasteiger partial charge >= 0.3 is 0 Å². The van der Waals surface area contributed by atoms with E-state index in [1.165, 1.54) is 51.6 Å². The maximum Gasteiger partial charge on any atom is 0.0168 e. The molecular weight excluding hydrogens is 172 g/mol. The van der Waals surface area contributed by atoms with Crippen LogP contribution < -0.4 is 5.73 Å². The van der Waals surface area contributed by atoms with Gasteiger partial charge in [0.05, 0.1) is 0 Å². The molecule has 3 aliphatic rings. The normalized spacial score (nSPS) is 48.6. The lowest BCUT2D eigenvalue weighted by atomic mass is 9.92. The van der Waals surface area contributed by atoms with Crippen LogP contribution >= 0.6 is 0 Å². The number of nitrogens with two attached hydrogens (primary N) is 1. The van der Waals surface area contributed by atoms with Crippen molar-refractivity contribution in [3.63, 3.8) is 0 Å². The van der Waals surface area contributed by atoms with Crippen LogP contribution in [0.2, 0.25) is 0 Å². The fourth-order valence-electron chi connectivity index (χ4n) is 3.67. The third kappa shape index (κ3) is 1.59. The molecule has 1 saturated heterocycles. The van der Waals surface area contributed by atoms with Crippen molar-refractivity contribution in [2.75, 3.05) is 13.1 Å². The molecule has 0 amide bonds. The van der Waals surface area contributed by atoms with Gasteiger partial charge in [0.1, 0.15) is 0 Å². The van der Waals surface area contributed by atoms with E-state index < -0.39 is 0 Å². The number of hydrogen-bond acceptors (Lipinski definition) is 2. The SMILES string of the molecule is NC1CCCN(C2CCCC3CC32)C1. The first-order valence-corrected chi connectivity index (χ1v) is 6.34. The predicted octanol–water partition coefficient (Wildman–Crippen LogP) is 1.60. The van der Waals surface area contributed by atoms with Crippen LogP contribution in [0.25, 0.3) is 0 Å². The van der Waals surface area contributed by atoms with Crippen molar-refractivity contribution >= 4 is 0 Å². The van der Waals surface area contributed by atoms with Crippen LogP contribution in [0.3, 0.4) is 0 Å². The van der Waals surface area contributed by atoms with Gasteiger partial charge in [-0.15, -0.1) is 0 Å². The smallest absolute Gasteiger partial charge is 0.0168 e. The van der Waals surface area contributed by atoms with Gasteiger partial charge in [-0.1, -0.05) is 12.8 Å². The highest BCUT2D eigenvalue weighted by atomic mass is 15.2. The molecule has 0 bridgehead atoms. The third-order valence-electron chi connectivity index (χ3n) is 4.50. The Hall–Kier alpha value is -0.0800. The van der Waals surface area contributed by atoms with Crippen LogP contribution in [0.5, 0.6) is 0 Å². The Morgan fingerprint density at radius 2 is 2.00 bits per heavy atom. The van der Waals surface area contributed by atoms with E-state index in [0.29, 0.717) is 6.04 Å². The number of piperidine rings is 1. The van der Waals surface area contributed by atoms with Gasteiger partial charge < -0.3 is 5.73 Å². The molecule has 0 radical (unpaired) electrons. The van der Waals surface area contributed by atoms with E-state index in [4.69, 9.17) is 5.73 Å². The number of nitrogens with zero attached hydrogens (tertiary/aromatic N) is 1. The summed E-state index contributed by atoms with van der Waals surface area (Å²) < 4.78 is 0. The molecule has 4 atom stereocenters. The summed E-state index contributed by atoms with van der Waals surface area (Å²) in [5.74, 6) is 2.17. The zero-order valence-corrected chi connectivity index (χ0v) is 8.99. The first-order chi connectivity index (χ1) is 6.84. The van der Waals surface area contributed by atoms with Crippen LogP contribution in [-0.4, -0.2) is 30.1 Å². The Labute approximate surface area is 86.8 Å². The van der Waals surface area contributed by atoms with Crippen molar-refractivity contribution in [2.45, 2.75) is 50.6 Å². The Morgan fingerprint density at radius 1 is 1.07 bits per heavy atom. The molecule has 2 heteroatoms. The molecule has 1 heterocycles.